The number of anilines is 1. The molecule has 5 nitrogen and oxygen atoms in total. The van der Waals surface area contributed by atoms with Gasteiger partial charge in [0.2, 0.25) is 0 Å². The van der Waals surface area contributed by atoms with Gasteiger partial charge in [-0.05, 0) is 48.6 Å². The van der Waals surface area contributed by atoms with Crippen LogP contribution < -0.4 is 10.6 Å². The van der Waals surface area contributed by atoms with E-state index in [0.717, 1.165) is 41.8 Å². The molecular formula is C21H26N4O. The zero-order valence-corrected chi connectivity index (χ0v) is 15.4. The third-order valence-electron chi connectivity index (χ3n) is 4.31. The Hall–Kier alpha value is -2.82. The van der Waals surface area contributed by atoms with Crippen LogP contribution in [0.15, 0.2) is 48.5 Å². The number of amides is 2. The number of nitrogens with one attached hydrogen (secondary N) is 3. The quantitative estimate of drug-likeness (QED) is 0.586. The lowest BCUT2D eigenvalue weighted by Crippen LogP contribution is -2.30. The summed E-state index contributed by atoms with van der Waals surface area (Å²) in [7, 11) is 0. The Bertz CT molecular complexity index is 819. The van der Waals surface area contributed by atoms with Crippen LogP contribution in [0, 0.1) is 5.92 Å². The second-order valence-corrected chi connectivity index (χ2v) is 6.96. The molecule has 2 aromatic carbocycles. The maximum Gasteiger partial charge on any atom is 0.319 e. The molecule has 3 aromatic rings. The Kier molecular flexibility index (Phi) is 5.89. The van der Waals surface area contributed by atoms with Crippen LogP contribution >= 0.6 is 0 Å². The summed E-state index contributed by atoms with van der Waals surface area (Å²) in [6.45, 7) is 4.98. The van der Waals surface area contributed by atoms with Crippen molar-refractivity contribution in [2.24, 2.45) is 5.92 Å². The van der Waals surface area contributed by atoms with E-state index in [9.17, 15) is 4.79 Å². The number of carbonyl (C=O) groups is 1. The number of aryl methyl sites for hydroxylation is 2. The first-order chi connectivity index (χ1) is 12.6. The molecule has 1 heterocycles. The van der Waals surface area contributed by atoms with Crippen LogP contribution in [0.3, 0.4) is 0 Å². The molecule has 0 radical (unpaired) electrons. The fourth-order valence-corrected chi connectivity index (χ4v) is 2.79. The van der Waals surface area contributed by atoms with E-state index >= 15 is 0 Å². The SMILES string of the molecule is CC(C)CCNC(=O)Nc1ccc(CCc2nc3ccccc3[nH]2)cc1. The van der Waals surface area contributed by atoms with Crippen molar-refractivity contribution in [3.05, 3.63) is 59.9 Å². The Morgan fingerprint density at radius 3 is 2.58 bits per heavy atom. The van der Waals surface area contributed by atoms with E-state index in [0.29, 0.717) is 12.5 Å². The first-order valence-corrected chi connectivity index (χ1v) is 9.17. The van der Waals surface area contributed by atoms with Crippen molar-refractivity contribution in [3.8, 4) is 0 Å². The van der Waals surface area contributed by atoms with Gasteiger partial charge in [0.15, 0.2) is 0 Å². The van der Waals surface area contributed by atoms with E-state index in [1.54, 1.807) is 0 Å². The average molecular weight is 350 g/mol. The maximum atomic E-state index is 11.8. The minimum absolute atomic E-state index is 0.152. The summed E-state index contributed by atoms with van der Waals surface area (Å²) in [5, 5.41) is 5.74. The second-order valence-electron chi connectivity index (χ2n) is 6.96. The third kappa shape index (κ3) is 5.09. The number of hydrogen-bond acceptors (Lipinski definition) is 2. The van der Waals surface area contributed by atoms with Crippen molar-refractivity contribution >= 4 is 22.8 Å². The summed E-state index contributed by atoms with van der Waals surface area (Å²) >= 11 is 0. The average Bonchev–Trinajstić information content (AvgIpc) is 3.04. The molecule has 3 N–H and O–H groups in total. The molecule has 2 amide bonds. The number of benzene rings is 2. The molecule has 0 bridgehead atoms. The lowest BCUT2D eigenvalue weighted by Gasteiger charge is -2.09. The van der Waals surface area contributed by atoms with E-state index in [-0.39, 0.29) is 6.03 Å². The number of carbonyl (C=O) groups excluding carboxylic acids is 1. The number of para-hydroxylation sites is 2. The Balaban J connectivity index is 1.48. The normalized spacial score (nSPS) is 11.0. The molecular weight excluding hydrogens is 324 g/mol. The lowest BCUT2D eigenvalue weighted by atomic mass is 10.1. The smallest absolute Gasteiger partial charge is 0.319 e. The highest BCUT2D eigenvalue weighted by molar-refractivity contribution is 5.89. The molecule has 5 heteroatoms. The number of aromatic nitrogens is 2. The molecule has 0 spiro atoms. The topological polar surface area (TPSA) is 69.8 Å². The van der Waals surface area contributed by atoms with Gasteiger partial charge in [0.25, 0.3) is 0 Å². The monoisotopic (exact) mass is 350 g/mol. The van der Waals surface area contributed by atoms with Gasteiger partial charge >= 0.3 is 6.03 Å². The van der Waals surface area contributed by atoms with Crippen LogP contribution in [0.25, 0.3) is 11.0 Å². The van der Waals surface area contributed by atoms with Gasteiger partial charge in [0.05, 0.1) is 11.0 Å². The zero-order valence-electron chi connectivity index (χ0n) is 15.4. The number of rotatable bonds is 7. The standard InChI is InChI=1S/C21H26N4O/c1-15(2)13-14-22-21(26)23-17-10-7-16(8-11-17)9-12-20-24-18-5-3-4-6-19(18)25-20/h3-8,10-11,15H,9,12-14H2,1-2H3,(H,24,25)(H2,22,23,26). The summed E-state index contributed by atoms with van der Waals surface area (Å²) in [4.78, 5) is 19.8. The van der Waals surface area contributed by atoms with Crippen molar-refractivity contribution in [2.75, 3.05) is 11.9 Å². The van der Waals surface area contributed by atoms with Gasteiger partial charge in [-0.2, -0.15) is 0 Å². The molecule has 0 saturated carbocycles. The van der Waals surface area contributed by atoms with Crippen LogP contribution in [0.5, 0.6) is 0 Å². The van der Waals surface area contributed by atoms with Crippen molar-refractivity contribution in [3.63, 3.8) is 0 Å². The van der Waals surface area contributed by atoms with Crippen LogP contribution in [0.2, 0.25) is 0 Å². The van der Waals surface area contributed by atoms with E-state index in [1.807, 2.05) is 48.5 Å². The predicted molar refractivity (Wildman–Crippen MR) is 106 cm³/mol. The maximum absolute atomic E-state index is 11.8. The number of fused-ring (bicyclic) bond motifs is 1. The molecule has 0 atom stereocenters. The predicted octanol–water partition coefficient (Wildman–Crippen LogP) is 4.52. The number of aromatic amines is 1. The molecule has 1 aromatic heterocycles. The fraction of sp³-hybridized carbons (Fsp3) is 0.333. The molecule has 0 aliphatic carbocycles. The molecule has 26 heavy (non-hydrogen) atoms. The first kappa shape index (κ1) is 18.0. The zero-order chi connectivity index (χ0) is 18.4. The summed E-state index contributed by atoms with van der Waals surface area (Å²) in [5.41, 5.74) is 4.10. The van der Waals surface area contributed by atoms with Gasteiger partial charge in [-0.15, -0.1) is 0 Å². The summed E-state index contributed by atoms with van der Waals surface area (Å²) in [6.07, 6.45) is 2.74. The highest BCUT2D eigenvalue weighted by Crippen LogP contribution is 2.14. The highest BCUT2D eigenvalue weighted by atomic mass is 16.2. The van der Waals surface area contributed by atoms with E-state index in [1.165, 1.54) is 5.56 Å². The Labute approximate surface area is 154 Å². The second kappa shape index (κ2) is 8.52. The van der Waals surface area contributed by atoms with Gasteiger partial charge in [0, 0.05) is 18.7 Å². The molecule has 3 rings (SSSR count). The van der Waals surface area contributed by atoms with Crippen molar-refractivity contribution < 1.29 is 4.79 Å². The van der Waals surface area contributed by atoms with Crippen LogP contribution in [-0.4, -0.2) is 22.5 Å². The van der Waals surface area contributed by atoms with Gasteiger partial charge in [-0.25, -0.2) is 9.78 Å². The molecule has 0 fully saturated rings. The highest BCUT2D eigenvalue weighted by Gasteiger charge is 2.04. The minimum Gasteiger partial charge on any atom is -0.342 e. The van der Waals surface area contributed by atoms with Gasteiger partial charge < -0.3 is 15.6 Å². The molecule has 0 aliphatic heterocycles. The number of hydrogen-bond donors (Lipinski definition) is 3. The number of H-pyrrole nitrogens is 1. The summed E-state index contributed by atoms with van der Waals surface area (Å²) in [6, 6.07) is 15.9. The third-order valence-corrected chi connectivity index (χ3v) is 4.31. The molecule has 0 saturated heterocycles. The lowest BCUT2D eigenvalue weighted by molar-refractivity contribution is 0.251. The van der Waals surface area contributed by atoms with Gasteiger partial charge in [-0.1, -0.05) is 38.1 Å². The van der Waals surface area contributed by atoms with Crippen molar-refractivity contribution in [2.45, 2.75) is 33.1 Å². The first-order valence-electron chi connectivity index (χ1n) is 9.17. The largest absolute Gasteiger partial charge is 0.342 e. The summed E-state index contributed by atoms with van der Waals surface area (Å²) in [5.74, 6) is 1.58. The Morgan fingerprint density at radius 2 is 1.85 bits per heavy atom. The van der Waals surface area contributed by atoms with E-state index < -0.39 is 0 Å². The van der Waals surface area contributed by atoms with Crippen molar-refractivity contribution in [1.29, 1.82) is 0 Å². The molecule has 0 unspecified atom stereocenters. The van der Waals surface area contributed by atoms with E-state index in [4.69, 9.17) is 0 Å². The van der Waals surface area contributed by atoms with Crippen LogP contribution in [-0.2, 0) is 12.8 Å². The minimum atomic E-state index is -0.152. The summed E-state index contributed by atoms with van der Waals surface area (Å²) < 4.78 is 0. The number of nitrogens with zero attached hydrogens (tertiary/aromatic N) is 1. The Morgan fingerprint density at radius 1 is 1.08 bits per heavy atom. The van der Waals surface area contributed by atoms with Crippen molar-refractivity contribution in [1.82, 2.24) is 15.3 Å². The van der Waals surface area contributed by atoms with Crippen LogP contribution in [0.4, 0.5) is 10.5 Å². The fourth-order valence-electron chi connectivity index (χ4n) is 2.79. The molecule has 0 aliphatic rings. The van der Waals surface area contributed by atoms with Gasteiger partial charge in [-0.3, -0.25) is 0 Å². The molecule has 136 valence electrons. The van der Waals surface area contributed by atoms with Crippen LogP contribution in [0.1, 0.15) is 31.7 Å². The number of imidazole rings is 1. The van der Waals surface area contributed by atoms with E-state index in [2.05, 4.69) is 34.4 Å². The van der Waals surface area contributed by atoms with Gasteiger partial charge in [0.1, 0.15) is 5.82 Å². The number of urea groups is 1.